The quantitative estimate of drug-likeness (QED) is 0.467. The molecule has 5 heteroatoms. The van der Waals surface area contributed by atoms with Crippen molar-refractivity contribution in [2.75, 3.05) is 0 Å². The van der Waals surface area contributed by atoms with Crippen LogP contribution in [-0.2, 0) is 4.79 Å². The molecule has 3 N–H and O–H groups in total. The van der Waals surface area contributed by atoms with Crippen LogP contribution in [0.15, 0.2) is 0 Å². The zero-order chi connectivity index (χ0) is 7.99. The maximum atomic E-state index is 11.2. The number of halogens is 2. The Morgan fingerprint density at radius 3 is 1.67 bits per heavy atom. The third-order valence-corrected chi connectivity index (χ3v) is 1.74. The summed E-state index contributed by atoms with van der Waals surface area (Å²) < 4.78 is 0. The van der Waals surface area contributed by atoms with Crippen molar-refractivity contribution in [2.24, 2.45) is 0 Å². The lowest BCUT2D eigenvalue weighted by Gasteiger charge is -2.16. The van der Waals surface area contributed by atoms with Crippen molar-refractivity contribution in [3.63, 3.8) is 0 Å². The molecule has 0 aliphatic carbocycles. The van der Waals surface area contributed by atoms with Crippen molar-refractivity contribution >= 4 is 5.91 Å². The summed E-state index contributed by atoms with van der Waals surface area (Å²) in [6.45, 7) is 7.81. The lowest BCUT2D eigenvalue weighted by atomic mass is 10.1. The molecule has 1 heterocycles. The number of carbonyl (C=O) groups is 1. The van der Waals surface area contributed by atoms with Crippen LogP contribution < -0.4 is 44.6 Å². The van der Waals surface area contributed by atoms with E-state index in [2.05, 4.69) is 5.32 Å². The topological polar surface area (TPSA) is 45.7 Å². The van der Waals surface area contributed by atoms with Gasteiger partial charge in [-0.15, -0.1) is 0 Å². The predicted octanol–water partition coefficient (Wildman–Crippen LogP) is -6.80. The Kier molecular flexibility index (Phi) is 5.23. The van der Waals surface area contributed by atoms with Gasteiger partial charge in [0.05, 0.1) is 0 Å². The molecule has 1 rings (SSSR count). The molecule has 0 atom stereocenters. The lowest BCUT2D eigenvalue weighted by Crippen LogP contribution is -3.00. The van der Waals surface area contributed by atoms with Crippen molar-refractivity contribution in [3.8, 4) is 0 Å². The fourth-order valence-corrected chi connectivity index (χ4v) is 1.41. The number of nitrogens with one attached hydrogen (secondary N) is 1. The summed E-state index contributed by atoms with van der Waals surface area (Å²) in [5.41, 5.74) is -0.482. The summed E-state index contributed by atoms with van der Waals surface area (Å²) in [7, 11) is 0. The SMILES string of the molecule is CC1(C)NC(C)(C)C(=O)[NH2+]1.[Br-].[Br-]. The molecule has 0 radical (unpaired) electrons. The summed E-state index contributed by atoms with van der Waals surface area (Å²) in [5.74, 6) is 0.192. The van der Waals surface area contributed by atoms with Gasteiger partial charge in [0.2, 0.25) is 0 Å². The maximum Gasteiger partial charge on any atom is 0.331 e. The maximum absolute atomic E-state index is 11.2. The molecule has 3 nitrogen and oxygen atoms in total. The van der Waals surface area contributed by atoms with Gasteiger partial charge in [0, 0.05) is 13.8 Å². The fourth-order valence-electron chi connectivity index (χ4n) is 1.41. The second-order valence-electron chi connectivity index (χ2n) is 3.98. The minimum absolute atomic E-state index is 0. The second-order valence-corrected chi connectivity index (χ2v) is 3.98. The van der Waals surface area contributed by atoms with Crippen LogP contribution in [0.25, 0.3) is 0 Å². The van der Waals surface area contributed by atoms with Crippen LogP contribution in [0.1, 0.15) is 27.7 Å². The van der Waals surface area contributed by atoms with Crippen LogP contribution in [0.4, 0.5) is 0 Å². The van der Waals surface area contributed by atoms with E-state index < -0.39 is 0 Å². The molecule has 74 valence electrons. The van der Waals surface area contributed by atoms with Gasteiger partial charge in [-0.1, -0.05) is 0 Å². The summed E-state index contributed by atoms with van der Waals surface area (Å²) in [6.07, 6.45) is 0. The molecular formula is C7H15Br2N2O-. The van der Waals surface area contributed by atoms with E-state index in [0.29, 0.717) is 0 Å². The Morgan fingerprint density at radius 1 is 1.17 bits per heavy atom. The van der Waals surface area contributed by atoms with Crippen LogP contribution in [0.2, 0.25) is 0 Å². The average Bonchev–Trinajstić information content (AvgIpc) is 1.73. The third kappa shape index (κ3) is 3.12. The largest absolute Gasteiger partial charge is 1.00 e. The normalized spacial score (nSPS) is 24.2. The first-order valence-electron chi connectivity index (χ1n) is 3.53. The molecule has 0 spiro atoms. The fraction of sp³-hybridized carbons (Fsp3) is 0.857. The Morgan fingerprint density at radius 2 is 1.58 bits per heavy atom. The van der Waals surface area contributed by atoms with E-state index in [9.17, 15) is 4.79 Å². The number of rotatable bonds is 0. The van der Waals surface area contributed by atoms with E-state index in [1.165, 1.54) is 0 Å². The number of nitrogens with two attached hydrogens (primary N) is 1. The first-order chi connectivity index (χ1) is 4.33. The highest BCUT2D eigenvalue weighted by Gasteiger charge is 2.47. The summed E-state index contributed by atoms with van der Waals surface area (Å²) in [4.78, 5) is 11.2. The Hall–Kier alpha value is 0.550. The van der Waals surface area contributed by atoms with E-state index in [1.54, 1.807) is 5.32 Å². The zero-order valence-electron chi connectivity index (χ0n) is 7.74. The van der Waals surface area contributed by atoms with E-state index in [-0.39, 0.29) is 51.1 Å². The van der Waals surface area contributed by atoms with Gasteiger partial charge >= 0.3 is 5.91 Å². The number of hydrogen-bond acceptors (Lipinski definition) is 2. The van der Waals surface area contributed by atoms with Crippen LogP contribution >= 0.6 is 0 Å². The average molecular weight is 303 g/mol. The molecule has 1 saturated heterocycles. The molecule has 1 amide bonds. The first kappa shape index (κ1) is 15.0. The van der Waals surface area contributed by atoms with Crippen LogP contribution in [-0.4, -0.2) is 17.1 Å². The van der Waals surface area contributed by atoms with Gasteiger partial charge in [-0.2, -0.15) is 0 Å². The summed E-state index contributed by atoms with van der Waals surface area (Å²) in [5, 5.41) is 4.96. The van der Waals surface area contributed by atoms with Crippen molar-refractivity contribution < 1.29 is 44.1 Å². The van der Waals surface area contributed by atoms with Crippen molar-refractivity contribution in [1.29, 1.82) is 0 Å². The highest BCUT2D eigenvalue weighted by molar-refractivity contribution is 5.78. The Balaban J connectivity index is 0. The molecule has 1 fully saturated rings. The molecule has 1 aliphatic rings. The van der Waals surface area contributed by atoms with E-state index >= 15 is 0 Å². The summed E-state index contributed by atoms with van der Waals surface area (Å²) in [6, 6.07) is 0. The van der Waals surface area contributed by atoms with Crippen LogP contribution in [0.5, 0.6) is 0 Å². The molecule has 0 aromatic carbocycles. The second kappa shape index (κ2) is 4.17. The number of quaternary nitrogens is 1. The number of carbonyl (C=O) groups excluding carboxylic acids is 1. The lowest BCUT2D eigenvalue weighted by molar-refractivity contribution is -0.629. The van der Waals surface area contributed by atoms with E-state index in [0.717, 1.165) is 0 Å². The highest BCUT2D eigenvalue weighted by Crippen LogP contribution is 2.09. The van der Waals surface area contributed by atoms with Gasteiger partial charge in [0.15, 0.2) is 5.66 Å². The minimum Gasteiger partial charge on any atom is -1.00 e. The first-order valence-corrected chi connectivity index (χ1v) is 3.53. The number of primary amides is 1. The van der Waals surface area contributed by atoms with Crippen molar-refractivity contribution in [1.82, 2.24) is 5.32 Å². The molecule has 0 aromatic heterocycles. The molecule has 0 aromatic rings. The zero-order valence-corrected chi connectivity index (χ0v) is 10.9. The Bertz CT molecular complexity index is 180. The van der Waals surface area contributed by atoms with Crippen molar-refractivity contribution in [2.45, 2.75) is 38.9 Å². The standard InChI is InChI=1S/C7H14N2O.2BrH/c1-6(2)5(10)8-7(3,4)9-6;;/h9H,1-4H3,(H,8,10);2*1H/p-1. The van der Waals surface area contributed by atoms with Gasteiger partial charge in [-0.3, -0.25) is 5.32 Å². The molecule has 0 unspecified atom stereocenters. The number of amides is 1. The minimum atomic E-state index is -0.358. The Labute approximate surface area is 94.2 Å². The summed E-state index contributed by atoms with van der Waals surface area (Å²) >= 11 is 0. The predicted molar refractivity (Wildman–Crippen MR) is 38.2 cm³/mol. The molecule has 0 saturated carbocycles. The monoisotopic (exact) mass is 301 g/mol. The molecule has 1 aliphatic heterocycles. The van der Waals surface area contributed by atoms with Crippen molar-refractivity contribution in [3.05, 3.63) is 0 Å². The molecular weight excluding hydrogens is 288 g/mol. The molecule has 12 heavy (non-hydrogen) atoms. The number of hydrogen-bond donors (Lipinski definition) is 2. The van der Waals surface area contributed by atoms with E-state index in [1.807, 2.05) is 27.7 Å². The van der Waals surface area contributed by atoms with Gasteiger partial charge in [0.1, 0.15) is 5.54 Å². The van der Waals surface area contributed by atoms with Gasteiger partial charge in [-0.05, 0) is 13.8 Å². The smallest absolute Gasteiger partial charge is 0.331 e. The van der Waals surface area contributed by atoms with Crippen LogP contribution in [0, 0.1) is 0 Å². The third-order valence-electron chi connectivity index (χ3n) is 1.74. The van der Waals surface area contributed by atoms with Gasteiger partial charge in [-0.25, -0.2) is 10.1 Å². The van der Waals surface area contributed by atoms with Crippen LogP contribution in [0.3, 0.4) is 0 Å². The highest BCUT2D eigenvalue weighted by atomic mass is 79.9. The van der Waals surface area contributed by atoms with E-state index in [4.69, 9.17) is 0 Å². The molecule has 0 bridgehead atoms. The van der Waals surface area contributed by atoms with Gasteiger partial charge < -0.3 is 34.0 Å². The van der Waals surface area contributed by atoms with Gasteiger partial charge in [0.25, 0.3) is 0 Å².